The summed E-state index contributed by atoms with van der Waals surface area (Å²) >= 11 is 0. The number of hydrogen-bond acceptors (Lipinski definition) is 3. The third-order valence-electron chi connectivity index (χ3n) is 5.27. The number of guanidine groups is 1. The first-order valence-corrected chi connectivity index (χ1v) is 10.6. The lowest BCUT2D eigenvalue weighted by atomic mass is 10.1. The molecule has 3 rings (SSSR count). The molecule has 1 fully saturated rings. The zero-order valence-corrected chi connectivity index (χ0v) is 17.9. The van der Waals surface area contributed by atoms with E-state index < -0.39 is 0 Å². The second kappa shape index (κ2) is 11.4. The molecule has 2 aromatic rings. The lowest BCUT2D eigenvalue weighted by Gasteiger charge is -2.22. The molecule has 1 atom stereocenters. The van der Waals surface area contributed by atoms with Crippen LogP contribution in [0, 0.1) is 5.92 Å². The van der Waals surface area contributed by atoms with Crippen molar-refractivity contribution in [1.82, 2.24) is 15.5 Å². The molecule has 1 heterocycles. The van der Waals surface area contributed by atoms with Crippen molar-refractivity contribution >= 4 is 11.9 Å². The minimum absolute atomic E-state index is 0.0367. The molecule has 1 unspecified atom stereocenters. The highest BCUT2D eigenvalue weighted by molar-refractivity contribution is 5.94. The van der Waals surface area contributed by atoms with Gasteiger partial charge in [-0.15, -0.1) is 0 Å². The summed E-state index contributed by atoms with van der Waals surface area (Å²) in [6.07, 6.45) is 1.11. The van der Waals surface area contributed by atoms with Gasteiger partial charge in [-0.25, -0.2) is 0 Å². The number of likely N-dealkylation sites (tertiary alicyclic amines) is 1. The standard InChI is InChI=1S/C24H32N4O2/c1-3-26-23(29)22-11-9-19(10-12-22)15-27-24(25-2)28-14-13-21(16-28)18-30-17-20-7-5-4-6-8-20/h4-12,21H,3,13-18H2,1-2H3,(H,25,27)(H,26,29). The van der Waals surface area contributed by atoms with Gasteiger partial charge in [-0.3, -0.25) is 9.79 Å². The molecule has 0 aliphatic carbocycles. The molecule has 0 aromatic heterocycles. The summed E-state index contributed by atoms with van der Waals surface area (Å²) in [5.74, 6) is 1.39. The van der Waals surface area contributed by atoms with E-state index in [1.807, 2.05) is 56.4 Å². The predicted octanol–water partition coefficient (Wildman–Crippen LogP) is 3.05. The Kier molecular flexibility index (Phi) is 8.27. The van der Waals surface area contributed by atoms with Crippen LogP contribution in [0.4, 0.5) is 0 Å². The summed E-state index contributed by atoms with van der Waals surface area (Å²) in [6.45, 7) is 6.58. The van der Waals surface area contributed by atoms with E-state index in [1.54, 1.807) is 0 Å². The van der Waals surface area contributed by atoms with E-state index in [0.717, 1.165) is 37.6 Å². The van der Waals surface area contributed by atoms with Crippen molar-refractivity contribution in [2.45, 2.75) is 26.5 Å². The highest BCUT2D eigenvalue weighted by Crippen LogP contribution is 2.17. The maximum atomic E-state index is 11.9. The Labute approximate surface area is 179 Å². The number of amides is 1. The molecular formula is C24H32N4O2. The molecule has 2 aromatic carbocycles. The van der Waals surface area contributed by atoms with E-state index in [9.17, 15) is 4.79 Å². The number of carbonyl (C=O) groups excluding carboxylic acids is 1. The first-order chi connectivity index (χ1) is 14.7. The molecule has 6 heteroatoms. The Morgan fingerprint density at radius 2 is 1.87 bits per heavy atom. The van der Waals surface area contributed by atoms with Gasteiger partial charge in [-0.05, 0) is 36.6 Å². The van der Waals surface area contributed by atoms with Gasteiger partial charge in [0.05, 0.1) is 13.2 Å². The topological polar surface area (TPSA) is 66.0 Å². The predicted molar refractivity (Wildman–Crippen MR) is 120 cm³/mol. The Bertz CT molecular complexity index is 821. The van der Waals surface area contributed by atoms with E-state index in [0.29, 0.717) is 31.2 Å². The average Bonchev–Trinajstić information content (AvgIpc) is 3.24. The Balaban J connectivity index is 1.42. The van der Waals surface area contributed by atoms with Crippen LogP contribution in [-0.4, -0.2) is 50.1 Å². The summed E-state index contributed by atoms with van der Waals surface area (Å²) in [5.41, 5.74) is 3.01. The minimum Gasteiger partial charge on any atom is -0.376 e. The zero-order valence-electron chi connectivity index (χ0n) is 17.9. The quantitative estimate of drug-likeness (QED) is 0.520. The molecule has 1 aliphatic rings. The van der Waals surface area contributed by atoms with Crippen LogP contribution in [0.25, 0.3) is 0 Å². The Morgan fingerprint density at radius 3 is 2.57 bits per heavy atom. The number of hydrogen-bond donors (Lipinski definition) is 2. The van der Waals surface area contributed by atoms with Crippen LogP contribution >= 0.6 is 0 Å². The number of ether oxygens (including phenoxy) is 1. The summed E-state index contributed by atoms with van der Waals surface area (Å²) in [6, 6.07) is 18.0. The molecule has 0 saturated carbocycles. The molecular weight excluding hydrogens is 376 g/mol. The largest absolute Gasteiger partial charge is 0.376 e. The van der Waals surface area contributed by atoms with E-state index in [-0.39, 0.29) is 5.91 Å². The van der Waals surface area contributed by atoms with Gasteiger partial charge < -0.3 is 20.3 Å². The van der Waals surface area contributed by atoms with Gasteiger partial charge in [-0.1, -0.05) is 42.5 Å². The van der Waals surface area contributed by atoms with Crippen molar-refractivity contribution < 1.29 is 9.53 Å². The summed E-state index contributed by atoms with van der Waals surface area (Å²) < 4.78 is 5.92. The van der Waals surface area contributed by atoms with Crippen molar-refractivity contribution in [3.8, 4) is 0 Å². The fourth-order valence-electron chi connectivity index (χ4n) is 3.63. The molecule has 30 heavy (non-hydrogen) atoms. The molecule has 1 aliphatic heterocycles. The van der Waals surface area contributed by atoms with Crippen LogP contribution in [0.2, 0.25) is 0 Å². The highest BCUT2D eigenvalue weighted by Gasteiger charge is 2.24. The van der Waals surface area contributed by atoms with Gasteiger partial charge >= 0.3 is 0 Å². The Hall–Kier alpha value is -2.86. The van der Waals surface area contributed by atoms with Gasteiger partial charge in [0.15, 0.2) is 5.96 Å². The second-order valence-corrected chi connectivity index (χ2v) is 7.56. The summed E-state index contributed by atoms with van der Waals surface area (Å²) in [5, 5.41) is 6.25. The fraction of sp³-hybridized carbons (Fsp3) is 0.417. The average molecular weight is 409 g/mol. The molecule has 1 saturated heterocycles. The zero-order chi connectivity index (χ0) is 21.2. The first-order valence-electron chi connectivity index (χ1n) is 10.6. The summed E-state index contributed by atoms with van der Waals surface area (Å²) in [4.78, 5) is 18.6. The third kappa shape index (κ3) is 6.32. The van der Waals surface area contributed by atoms with Crippen LogP contribution in [-0.2, 0) is 17.9 Å². The van der Waals surface area contributed by atoms with Crippen molar-refractivity contribution in [2.24, 2.45) is 10.9 Å². The number of aliphatic imine (C=N–C) groups is 1. The van der Waals surface area contributed by atoms with E-state index in [4.69, 9.17) is 4.74 Å². The number of rotatable bonds is 8. The van der Waals surface area contributed by atoms with E-state index in [2.05, 4.69) is 32.7 Å². The van der Waals surface area contributed by atoms with Gasteiger partial charge in [0.25, 0.3) is 5.91 Å². The van der Waals surface area contributed by atoms with Crippen LogP contribution in [0.1, 0.15) is 34.8 Å². The lowest BCUT2D eigenvalue weighted by molar-refractivity contribution is 0.0906. The normalized spacial score (nSPS) is 16.5. The van der Waals surface area contributed by atoms with Crippen molar-refractivity contribution in [2.75, 3.05) is 33.3 Å². The molecule has 0 radical (unpaired) electrons. The molecule has 0 bridgehead atoms. The number of nitrogens with zero attached hydrogens (tertiary/aromatic N) is 2. The van der Waals surface area contributed by atoms with Crippen LogP contribution in [0.15, 0.2) is 59.6 Å². The monoisotopic (exact) mass is 408 g/mol. The fourth-order valence-corrected chi connectivity index (χ4v) is 3.63. The van der Waals surface area contributed by atoms with Crippen LogP contribution in [0.5, 0.6) is 0 Å². The van der Waals surface area contributed by atoms with Gasteiger partial charge in [-0.2, -0.15) is 0 Å². The first kappa shape index (κ1) is 21.8. The van der Waals surface area contributed by atoms with Gasteiger partial charge in [0.2, 0.25) is 0 Å². The number of carbonyl (C=O) groups is 1. The van der Waals surface area contributed by atoms with E-state index >= 15 is 0 Å². The van der Waals surface area contributed by atoms with Crippen molar-refractivity contribution in [3.63, 3.8) is 0 Å². The van der Waals surface area contributed by atoms with Gasteiger partial charge in [0, 0.05) is 44.7 Å². The maximum absolute atomic E-state index is 11.9. The second-order valence-electron chi connectivity index (χ2n) is 7.56. The highest BCUT2D eigenvalue weighted by atomic mass is 16.5. The lowest BCUT2D eigenvalue weighted by Crippen LogP contribution is -2.39. The number of benzene rings is 2. The van der Waals surface area contributed by atoms with Crippen LogP contribution in [0.3, 0.4) is 0 Å². The smallest absolute Gasteiger partial charge is 0.251 e. The minimum atomic E-state index is -0.0367. The number of nitrogens with one attached hydrogen (secondary N) is 2. The SMILES string of the molecule is CCNC(=O)c1ccc(CNC(=NC)N2CCC(COCc3ccccc3)C2)cc1. The van der Waals surface area contributed by atoms with Crippen molar-refractivity contribution in [1.29, 1.82) is 0 Å². The molecule has 6 nitrogen and oxygen atoms in total. The van der Waals surface area contributed by atoms with Gasteiger partial charge in [0.1, 0.15) is 0 Å². The van der Waals surface area contributed by atoms with Crippen molar-refractivity contribution in [3.05, 3.63) is 71.3 Å². The van der Waals surface area contributed by atoms with Crippen LogP contribution < -0.4 is 10.6 Å². The maximum Gasteiger partial charge on any atom is 0.251 e. The Morgan fingerprint density at radius 1 is 1.10 bits per heavy atom. The van der Waals surface area contributed by atoms with E-state index in [1.165, 1.54) is 5.56 Å². The summed E-state index contributed by atoms with van der Waals surface area (Å²) in [7, 11) is 1.82. The molecule has 0 spiro atoms. The molecule has 160 valence electrons. The molecule has 2 N–H and O–H groups in total. The third-order valence-corrected chi connectivity index (χ3v) is 5.27. The molecule has 1 amide bonds.